The normalized spacial score (nSPS) is 12.6. The van der Waals surface area contributed by atoms with Crippen LogP contribution in [0.3, 0.4) is 0 Å². The van der Waals surface area contributed by atoms with Crippen LogP contribution in [-0.2, 0) is 4.79 Å². The Balaban J connectivity index is 3.01. The van der Waals surface area contributed by atoms with E-state index in [1.807, 2.05) is 20.9 Å². The van der Waals surface area contributed by atoms with Crippen molar-refractivity contribution in [2.75, 3.05) is 18.5 Å². The number of nitrogens with zero attached hydrogens (tertiary/aromatic N) is 1. The average molecular weight is 263 g/mol. The number of carboxylic acid groups (broad SMARTS) is 1. The minimum absolute atomic E-state index is 0.131. The van der Waals surface area contributed by atoms with Crippen molar-refractivity contribution in [3.05, 3.63) is 28.8 Å². The molecule has 0 aliphatic carbocycles. The second-order valence-electron chi connectivity index (χ2n) is 5.82. The van der Waals surface area contributed by atoms with Crippen LogP contribution in [-0.4, -0.2) is 24.7 Å². The molecule has 0 fully saturated rings. The van der Waals surface area contributed by atoms with Crippen molar-refractivity contribution >= 4 is 11.7 Å². The summed E-state index contributed by atoms with van der Waals surface area (Å²) in [4.78, 5) is 13.4. The standard InChI is InChI=1S/C16H25NO2/c1-10(2)14(16(18)19)9-17(6)15-12(4)7-11(3)8-13(15)5/h7-8,10,14H,9H2,1-6H3,(H,18,19). The summed E-state index contributed by atoms with van der Waals surface area (Å²) in [6.07, 6.45) is 0. The van der Waals surface area contributed by atoms with Gasteiger partial charge in [0.1, 0.15) is 0 Å². The van der Waals surface area contributed by atoms with E-state index in [2.05, 4.69) is 37.8 Å². The first-order valence-corrected chi connectivity index (χ1v) is 6.75. The van der Waals surface area contributed by atoms with Crippen LogP contribution >= 0.6 is 0 Å². The van der Waals surface area contributed by atoms with Gasteiger partial charge in [0.2, 0.25) is 0 Å². The van der Waals surface area contributed by atoms with Gasteiger partial charge in [-0.05, 0) is 37.8 Å². The number of rotatable bonds is 5. The van der Waals surface area contributed by atoms with Crippen LogP contribution in [0.15, 0.2) is 12.1 Å². The van der Waals surface area contributed by atoms with Gasteiger partial charge in [-0.2, -0.15) is 0 Å². The molecule has 1 aromatic rings. The number of hydrogen-bond acceptors (Lipinski definition) is 2. The molecule has 0 aromatic heterocycles. The maximum Gasteiger partial charge on any atom is 0.308 e. The van der Waals surface area contributed by atoms with Crippen molar-refractivity contribution in [3.63, 3.8) is 0 Å². The Morgan fingerprint density at radius 1 is 1.21 bits per heavy atom. The predicted molar refractivity (Wildman–Crippen MR) is 79.9 cm³/mol. The fraction of sp³-hybridized carbons (Fsp3) is 0.562. The third kappa shape index (κ3) is 3.72. The number of aliphatic carboxylic acids is 1. The highest BCUT2D eigenvalue weighted by molar-refractivity contribution is 5.71. The maximum absolute atomic E-state index is 11.3. The van der Waals surface area contributed by atoms with E-state index in [0.29, 0.717) is 6.54 Å². The van der Waals surface area contributed by atoms with E-state index in [-0.39, 0.29) is 11.8 Å². The van der Waals surface area contributed by atoms with Crippen LogP contribution in [0.1, 0.15) is 30.5 Å². The van der Waals surface area contributed by atoms with Crippen LogP contribution in [0.25, 0.3) is 0 Å². The second-order valence-corrected chi connectivity index (χ2v) is 5.82. The van der Waals surface area contributed by atoms with Crippen molar-refractivity contribution in [2.24, 2.45) is 11.8 Å². The molecule has 0 amide bonds. The van der Waals surface area contributed by atoms with Crippen LogP contribution in [0.5, 0.6) is 0 Å². The van der Waals surface area contributed by atoms with Crippen molar-refractivity contribution in [1.29, 1.82) is 0 Å². The Kier molecular flexibility index (Phi) is 4.98. The molecule has 1 atom stereocenters. The highest BCUT2D eigenvalue weighted by Gasteiger charge is 2.24. The molecule has 0 bridgehead atoms. The maximum atomic E-state index is 11.3. The summed E-state index contributed by atoms with van der Waals surface area (Å²) in [5.41, 5.74) is 4.80. The average Bonchev–Trinajstić information content (AvgIpc) is 2.23. The van der Waals surface area contributed by atoms with Crippen LogP contribution in [0, 0.1) is 32.6 Å². The summed E-state index contributed by atoms with van der Waals surface area (Å²) in [6, 6.07) is 4.29. The van der Waals surface area contributed by atoms with Crippen molar-refractivity contribution in [1.82, 2.24) is 0 Å². The van der Waals surface area contributed by atoms with Crippen molar-refractivity contribution < 1.29 is 9.90 Å². The Hall–Kier alpha value is -1.51. The Morgan fingerprint density at radius 2 is 1.68 bits per heavy atom. The number of benzene rings is 1. The summed E-state index contributed by atoms with van der Waals surface area (Å²) >= 11 is 0. The Labute approximate surface area is 116 Å². The summed E-state index contributed by atoms with van der Waals surface area (Å²) in [6.45, 7) is 10.7. The van der Waals surface area contributed by atoms with E-state index in [9.17, 15) is 9.90 Å². The molecule has 0 radical (unpaired) electrons. The minimum atomic E-state index is -0.718. The van der Waals surface area contributed by atoms with E-state index in [1.165, 1.54) is 16.7 Å². The van der Waals surface area contributed by atoms with Crippen LogP contribution in [0.2, 0.25) is 0 Å². The molecule has 1 rings (SSSR count). The van der Waals surface area contributed by atoms with Crippen LogP contribution < -0.4 is 4.90 Å². The first kappa shape index (κ1) is 15.5. The molecule has 1 aromatic carbocycles. The van der Waals surface area contributed by atoms with Gasteiger partial charge in [-0.15, -0.1) is 0 Å². The van der Waals surface area contributed by atoms with Gasteiger partial charge in [-0.3, -0.25) is 4.79 Å². The Morgan fingerprint density at radius 3 is 2.05 bits per heavy atom. The van der Waals surface area contributed by atoms with E-state index in [0.717, 1.165) is 5.69 Å². The van der Waals surface area contributed by atoms with Crippen molar-refractivity contribution in [3.8, 4) is 0 Å². The molecule has 106 valence electrons. The third-order valence-electron chi connectivity index (χ3n) is 3.61. The molecule has 1 N–H and O–H groups in total. The zero-order chi connectivity index (χ0) is 14.7. The minimum Gasteiger partial charge on any atom is -0.481 e. The summed E-state index contributed by atoms with van der Waals surface area (Å²) < 4.78 is 0. The number of hydrogen-bond donors (Lipinski definition) is 1. The molecule has 0 heterocycles. The van der Waals surface area contributed by atoms with Gasteiger partial charge >= 0.3 is 5.97 Å². The lowest BCUT2D eigenvalue weighted by Gasteiger charge is -2.28. The van der Waals surface area contributed by atoms with E-state index in [1.54, 1.807) is 0 Å². The Bertz CT molecular complexity index is 443. The summed E-state index contributed by atoms with van der Waals surface area (Å²) in [7, 11) is 1.98. The number of carboxylic acids is 1. The van der Waals surface area contributed by atoms with Crippen LogP contribution in [0.4, 0.5) is 5.69 Å². The molecule has 0 spiro atoms. The SMILES string of the molecule is Cc1cc(C)c(N(C)CC(C(=O)O)C(C)C)c(C)c1. The molecule has 1 unspecified atom stereocenters. The lowest BCUT2D eigenvalue weighted by molar-refractivity contribution is -0.142. The molecule has 3 heteroatoms. The van der Waals surface area contributed by atoms with Gasteiger partial charge in [-0.25, -0.2) is 0 Å². The van der Waals surface area contributed by atoms with E-state index >= 15 is 0 Å². The van der Waals surface area contributed by atoms with Gasteiger partial charge in [0, 0.05) is 19.3 Å². The second kappa shape index (κ2) is 6.09. The predicted octanol–water partition coefficient (Wildman–Crippen LogP) is 3.40. The molecular weight excluding hydrogens is 238 g/mol. The number of aryl methyl sites for hydroxylation is 3. The fourth-order valence-corrected chi connectivity index (χ4v) is 2.73. The van der Waals surface area contributed by atoms with E-state index in [4.69, 9.17) is 0 Å². The first-order chi connectivity index (χ1) is 8.73. The molecule has 3 nitrogen and oxygen atoms in total. The number of carbonyl (C=O) groups is 1. The molecule has 0 saturated heterocycles. The van der Waals surface area contributed by atoms with Gasteiger partial charge < -0.3 is 10.0 Å². The largest absolute Gasteiger partial charge is 0.481 e. The van der Waals surface area contributed by atoms with Crippen molar-refractivity contribution in [2.45, 2.75) is 34.6 Å². The molecule has 0 saturated carbocycles. The topological polar surface area (TPSA) is 40.5 Å². The highest BCUT2D eigenvalue weighted by Crippen LogP contribution is 2.27. The zero-order valence-corrected chi connectivity index (χ0v) is 12.8. The zero-order valence-electron chi connectivity index (χ0n) is 12.8. The summed E-state index contributed by atoms with van der Waals surface area (Å²) in [5.74, 6) is -0.930. The quantitative estimate of drug-likeness (QED) is 0.885. The third-order valence-corrected chi connectivity index (χ3v) is 3.61. The lowest BCUT2D eigenvalue weighted by atomic mass is 9.94. The molecular formula is C16H25NO2. The van der Waals surface area contributed by atoms with E-state index < -0.39 is 5.97 Å². The van der Waals surface area contributed by atoms with Gasteiger partial charge in [0.25, 0.3) is 0 Å². The first-order valence-electron chi connectivity index (χ1n) is 6.75. The summed E-state index contributed by atoms with van der Waals surface area (Å²) in [5, 5.41) is 9.30. The molecule has 0 aliphatic rings. The molecule has 0 aliphatic heterocycles. The van der Waals surface area contributed by atoms with Gasteiger partial charge in [-0.1, -0.05) is 31.5 Å². The number of anilines is 1. The highest BCUT2D eigenvalue weighted by atomic mass is 16.4. The lowest BCUT2D eigenvalue weighted by Crippen LogP contribution is -2.34. The monoisotopic (exact) mass is 263 g/mol. The fourth-order valence-electron chi connectivity index (χ4n) is 2.73. The smallest absolute Gasteiger partial charge is 0.308 e. The van der Waals surface area contributed by atoms with Gasteiger partial charge in [0.15, 0.2) is 0 Å². The van der Waals surface area contributed by atoms with Gasteiger partial charge in [0.05, 0.1) is 5.92 Å². The molecule has 19 heavy (non-hydrogen) atoms.